The van der Waals surface area contributed by atoms with E-state index in [1.807, 2.05) is 31.2 Å². The molecule has 3 aromatic rings. The highest BCUT2D eigenvalue weighted by Gasteiger charge is 2.11. The van der Waals surface area contributed by atoms with Crippen molar-refractivity contribution in [1.29, 1.82) is 0 Å². The maximum Gasteiger partial charge on any atom is 0.234 e. The second-order valence-corrected chi connectivity index (χ2v) is 6.22. The topological polar surface area (TPSA) is 81.9 Å². The van der Waals surface area contributed by atoms with Gasteiger partial charge >= 0.3 is 0 Å². The number of aromatic nitrogens is 4. The zero-order valence-corrected chi connectivity index (χ0v) is 14.7. The Bertz CT molecular complexity index is 846. The number of amides is 1. The van der Waals surface area contributed by atoms with Crippen molar-refractivity contribution in [3.8, 4) is 11.4 Å². The number of tetrazole rings is 1. The lowest BCUT2D eigenvalue weighted by molar-refractivity contribution is -0.113. The molecule has 0 saturated carbocycles. The first kappa shape index (κ1) is 17.0. The summed E-state index contributed by atoms with van der Waals surface area (Å²) in [5, 5.41) is 15.1. The molecule has 3 rings (SSSR count). The number of carbonyl (C=O) groups excluding carboxylic acids is 1. The van der Waals surface area contributed by atoms with Gasteiger partial charge in [-0.05, 0) is 53.7 Å². The number of aryl methyl sites for hydroxylation is 1. The fraction of sp³-hybridized carbons (Fsp3) is 0.176. The number of hydrogen-bond donors (Lipinski definition) is 1. The van der Waals surface area contributed by atoms with Crippen LogP contribution in [0.1, 0.15) is 5.56 Å². The van der Waals surface area contributed by atoms with Crippen LogP contribution in [0.5, 0.6) is 5.75 Å². The molecule has 1 amide bonds. The van der Waals surface area contributed by atoms with Crippen molar-refractivity contribution in [2.24, 2.45) is 0 Å². The summed E-state index contributed by atoms with van der Waals surface area (Å²) in [6.07, 6.45) is 0. The van der Waals surface area contributed by atoms with Crippen molar-refractivity contribution in [3.05, 3.63) is 54.1 Å². The van der Waals surface area contributed by atoms with Crippen LogP contribution in [0, 0.1) is 6.92 Å². The molecule has 0 unspecified atom stereocenters. The Morgan fingerprint density at radius 2 is 1.88 bits per heavy atom. The first-order chi connectivity index (χ1) is 12.2. The number of methoxy groups -OCH3 is 1. The van der Waals surface area contributed by atoms with Gasteiger partial charge in [0.15, 0.2) is 0 Å². The molecule has 2 aromatic carbocycles. The molecule has 0 saturated heterocycles. The van der Waals surface area contributed by atoms with Crippen LogP contribution in [0.15, 0.2) is 53.7 Å². The second kappa shape index (κ2) is 7.80. The minimum atomic E-state index is -0.131. The first-order valence-corrected chi connectivity index (χ1v) is 8.56. The molecule has 0 fully saturated rings. The third kappa shape index (κ3) is 4.36. The Labute approximate surface area is 149 Å². The van der Waals surface area contributed by atoms with E-state index in [0.29, 0.717) is 10.8 Å². The molecule has 25 heavy (non-hydrogen) atoms. The summed E-state index contributed by atoms with van der Waals surface area (Å²) in [5.74, 6) is 0.816. The van der Waals surface area contributed by atoms with Crippen molar-refractivity contribution in [2.45, 2.75) is 12.1 Å². The van der Waals surface area contributed by atoms with Gasteiger partial charge in [0, 0.05) is 5.69 Å². The maximum atomic E-state index is 12.1. The summed E-state index contributed by atoms with van der Waals surface area (Å²) < 4.78 is 6.71. The summed E-state index contributed by atoms with van der Waals surface area (Å²) in [6, 6.07) is 15.0. The van der Waals surface area contributed by atoms with E-state index in [1.165, 1.54) is 11.8 Å². The van der Waals surface area contributed by atoms with Crippen LogP contribution >= 0.6 is 11.8 Å². The highest BCUT2D eigenvalue weighted by molar-refractivity contribution is 7.99. The molecule has 0 bridgehead atoms. The summed E-state index contributed by atoms with van der Waals surface area (Å²) in [6.45, 7) is 2.02. The van der Waals surface area contributed by atoms with Crippen molar-refractivity contribution in [1.82, 2.24) is 20.2 Å². The van der Waals surface area contributed by atoms with Gasteiger partial charge in [-0.1, -0.05) is 29.5 Å². The molecule has 1 heterocycles. The predicted octanol–water partition coefficient (Wildman–Crippen LogP) is 2.71. The number of hydrogen-bond acceptors (Lipinski definition) is 6. The van der Waals surface area contributed by atoms with Crippen molar-refractivity contribution < 1.29 is 9.53 Å². The number of thioether (sulfide) groups is 1. The van der Waals surface area contributed by atoms with E-state index >= 15 is 0 Å². The van der Waals surface area contributed by atoms with Gasteiger partial charge in [-0.15, -0.1) is 5.10 Å². The number of nitrogens with zero attached hydrogens (tertiary/aromatic N) is 4. The van der Waals surface area contributed by atoms with E-state index in [-0.39, 0.29) is 11.7 Å². The molecule has 128 valence electrons. The number of ether oxygens (including phenoxy) is 1. The summed E-state index contributed by atoms with van der Waals surface area (Å²) in [5.41, 5.74) is 2.73. The smallest absolute Gasteiger partial charge is 0.234 e. The van der Waals surface area contributed by atoms with E-state index in [0.717, 1.165) is 17.0 Å². The highest BCUT2D eigenvalue weighted by Crippen LogP contribution is 2.19. The average Bonchev–Trinajstić information content (AvgIpc) is 3.10. The fourth-order valence-corrected chi connectivity index (χ4v) is 2.81. The highest BCUT2D eigenvalue weighted by atomic mass is 32.2. The lowest BCUT2D eigenvalue weighted by atomic mass is 10.2. The van der Waals surface area contributed by atoms with E-state index < -0.39 is 0 Å². The molecular formula is C17H17N5O2S. The van der Waals surface area contributed by atoms with Gasteiger partial charge in [0.1, 0.15) is 5.75 Å². The zero-order valence-electron chi connectivity index (χ0n) is 13.8. The van der Waals surface area contributed by atoms with Crippen LogP contribution in [-0.4, -0.2) is 39.0 Å². The number of carbonyl (C=O) groups is 1. The number of anilines is 1. The molecule has 1 N–H and O–H groups in total. The Morgan fingerprint density at radius 1 is 1.16 bits per heavy atom. The summed E-state index contributed by atoms with van der Waals surface area (Å²) >= 11 is 1.28. The van der Waals surface area contributed by atoms with Crippen LogP contribution in [0.25, 0.3) is 5.69 Å². The number of rotatable bonds is 6. The van der Waals surface area contributed by atoms with Gasteiger partial charge in [0.25, 0.3) is 0 Å². The third-order valence-electron chi connectivity index (χ3n) is 3.43. The molecular weight excluding hydrogens is 338 g/mol. The van der Waals surface area contributed by atoms with Crippen molar-refractivity contribution in [2.75, 3.05) is 18.2 Å². The van der Waals surface area contributed by atoms with Crippen LogP contribution in [0.3, 0.4) is 0 Å². The van der Waals surface area contributed by atoms with Crippen LogP contribution in [-0.2, 0) is 4.79 Å². The summed E-state index contributed by atoms with van der Waals surface area (Å²) in [7, 11) is 1.60. The Kier molecular flexibility index (Phi) is 5.30. The Morgan fingerprint density at radius 3 is 2.56 bits per heavy atom. The molecule has 0 aliphatic heterocycles. The second-order valence-electron chi connectivity index (χ2n) is 5.27. The monoisotopic (exact) mass is 355 g/mol. The SMILES string of the molecule is COc1ccc(NC(=O)CSc2nnnn2-c2ccc(C)cc2)cc1. The van der Waals surface area contributed by atoms with Crippen LogP contribution < -0.4 is 10.1 Å². The minimum Gasteiger partial charge on any atom is -0.497 e. The Hall–Kier alpha value is -2.87. The van der Waals surface area contributed by atoms with Gasteiger partial charge in [-0.25, -0.2) is 0 Å². The maximum absolute atomic E-state index is 12.1. The molecule has 7 nitrogen and oxygen atoms in total. The minimum absolute atomic E-state index is 0.131. The largest absolute Gasteiger partial charge is 0.497 e. The standard InChI is InChI=1S/C17H17N5O2S/c1-12-3-7-14(8-4-12)22-17(19-20-21-22)25-11-16(23)18-13-5-9-15(24-2)10-6-13/h3-10H,11H2,1-2H3,(H,18,23). The quantitative estimate of drug-likeness (QED) is 0.685. The van der Waals surface area contributed by atoms with Gasteiger partial charge in [0.2, 0.25) is 11.1 Å². The van der Waals surface area contributed by atoms with E-state index in [9.17, 15) is 4.79 Å². The Balaban J connectivity index is 1.61. The zero-order chi connectivity index (χ0) is 17.6. The van der Waals surface area contributed by atoms with E-state index in [4.69, 9.17) is 4.74 Å². The normalized spacial score (nSPS) is 10.5. The molecule has 0 aliphatic carbocycles. The van der Waals surface area contributed by atoms with Gasteiger partial charge in [0.05, 0.1) is 18.6 Å². The average molecular weight is 355 g/mol. The molecule has 0 spiro atoms. The third-order valence-corrected chi connectivity index (χ3v) is 4.34. The van der Waals surface area contributed by atoms with Crippen LogP contribution in [0.4, 0.5) is 5.69 Å². The lowest BCUT2D eigenvalue weighted by Crippen LogP contribution is -2.14. The molecule has 0 radical (unpaired) electrons. The fourth-order valence-electron chi connectivity index (χ4n) is 2.12. The van der Waals surface area contributed by atoms with Gasteiger partial charge < -0.3 is 10.1 Å². The molecule has 8 heteroatoms. The van der Waals surface area contributed by atoms with Crippen LogP contribution in [0.2, 0.25) is 0 Å². The first-order valence-electron chi connectivity index (χ1n) is 7.58. The van der Waals surface area contributed by atoms with E-state index in [1.54, 1.807) is 36.1 Å². The predicted molar refractivity (Wildman–Crippen MR) is 96.2 cm³/mol. The molecule has 0 aliphatic rings. The number of benzene rings is 2. The summed E-state index contributed by atoms with van der Waals surface area (Å²) in [4.78, 5) is 12.1. The molecule has 1 aromatic heterocycles. The van der Waals surface area contributed by atoms with E-state index in [2.05, 4.69) is 20.8 Å². The lowest BCUT2D eigenvalue weighted by Gasteiger charge is -2.07. The number of nitrogens with one attached hydrogen (secondary N) is 1. The van der Waals surface area contributed by atoms with Crippen molar-refractivity contribution in [3.63, 3.8) is 0 Å². The van der Waals surface area contributed by atoms with Gasteiger partial charge in [-0.2, -0.15) is 4.68 Å². The van der Waals surface area contributed by atoms with Gasteiger partial charge in [-0.3, -0.25) is 4.79 Å². The van der Waals surface area contributed by atoms with Crippen molar-refractivity contribution >= 4 is 23.4 Å². The molecule has 0 atom stereocenters.